The van der Waals surface area contributed by atoms with Crippen LogP contribution in [0.1, 0.15) is 12.5 Å². The monoisotopic (exact) mass is 296 g/mol. The molecule has 0 spiro atoms. The van der Waals surface area contributed by atoms with Crippen molar-refractivity contribution in [2.75, 3.05) is 25.6 Å². The van der Waals surface area contributed by atoms with E-state index >= 15 is 0 Å². The fraction of sp³-hybridized carbons (Fsp3) is 0.500. The third-order valence-corrected chi connectivity index (χ3v) is 2.80. The summed E-state index contributed by atoms with van der Waals surface area (Å²) in [6.45, 7) is 2.22. The standard InChI is InChI=1S/C12H16ClF3N2O/c1-11(6-17,7-19-2)18-10-4-8(12(14,15)16)3-9(13)5-10/h3-5,18H,6-7,17H2,1-2H3. The van der Waals surface area contributed by atoms with Crippen molar-refractivity contribution < 1.29 is 17.9 Å². The zero-order valence-corrected chi connectivity index (χ0v) is 11.4. The molecule has 1 unspecified atom stereocenters. The fourth-order valence-corrected chi connectivity index (χ4v) is 1.87. The summed E-state index contributed by atoms with van der Waals surface area (Å²) in [4.78, 5) is 0. The Balaban J connectivity index is 3.04. The molecule has 1 atom stereocenters. The van der Waals surface area contributed by atoms with Crippen LogP contribution in [-0.4, -0.2) is 25.8 Å². The molecule has 0 heterocycles. The van der Waals surface area contributed by atoms with Crippen LogP contribution in [-0.2, 0) is 10.9 Å². The summed E-state index contributed by atoms with van der Waals surface area (Å²) in [5, 5.41) is 2.93. The van der Waals surface area contributed by atoms with Crippen LogP contribution >= 0.6 is 11.6 Å². The Morgan fingerprint density at radius 1 is 1.32 bits per heavy atom. The van der Waals surface area contributed by atoms with Gasteiger partial charge in [-0.1, -0.05) is 11.6 Å². The first-order chi connectivity index (χ1) is 8.70. The lowest BCUT2D eigenvalue weighted by atomic mass is 10.0. The molecule has 0 bridgehead atoms. The van der Waals surface area contributed by atoms with Crippen molar-refractivity contribution in [1.29, 1.82) is 0 Å². The number of ether oxygens (including phenoxy) is 1. The van der Waals surface area contributed by atoms with Crippen LogP contribution in [0.5, 0.6) is 0 Å². The van der Waals surface area contributed by atoms with Gasteiger partial charge in [-0.15, -0.1) is 0 Å². The zero-order chi connectivity index (χ0) is 14.7. The second-order valence-corrected chi connectivity index (χ2v) is 4.99. The Morgan fingerprint density at radius 3 is 2.42 bits per heavy atom. The number of halogens is 4. The number of nitrogens with one attached hydrogen (secondary N) is 1. The maximum atomic E-state index is 12.7. The molecule has 0 aliphatic rings. The van der Waals surface area contributed by atoms with Crippen LogP contribution in [0, 0.1) is 0 Å². The quantitative estimate of drug-likeness (QED) is 0.877. The molecule has 0 saturated carbocycles. The first kappa shape index (κ1) is 16.1. The maximum absolute atomic E-state index is 12.7. The highest BCUT2D eigenvalue weighted by Crippen LogP contribution is 2.33. The van der Waals surface area contributed by atoms with Crippen LogP contribution in [0.3, 0.4) is 0 Å². The summed E-state index contributed by atoms with van der Waals surface area (Å²) in [6.07, 6.45) is -4.44. The van der Waals surface area contributed by atoms with Gasteiger partial charge in [-0.25, -0.2) is 0 Å². The molecular weight excluding hydrogens is 281 g/mol. The van der Waals surface area contributed by atoms with Crippen molar-refractivity contribution in [3.8, 4) is 0 Å². The van der Waals surface area contributed by atoms with E-state index in [0.29, 0.717) is 0 Å². The molecular formula is C12H16ClF3N2O. The van der Waals surface area contributed by atoms with E-state index in [2.05, 4.69) is 5.32 Å². The summed E-state index contributed by atoms with van der Waals surface area (Å²) in [5.41, 5.74) is 4.39. The van der Waals surface area contributed by atoms with Gasteiger partial charge in [-0.05, 0) is 25.1 Å². The van der Waals surface area contributed by atoms with Gasteiger partial charge in [-0.2, -0.15) is 13.2 Å². The van der Waals surface area contributed by atoms with Gasteiger partial charge in [0.2, 0.25) is 0 Å². The molecule has 0 aliphatic heterocycles. The Morgan fingerprint density at radius 2 is 1.95 bits per heavy atom. The summed E-state index contributed by atoms with van der Waals surface area (Å²) >= 11 is 5.70. The largest absolute Gasteiger partial charge is 0.416 e. The van der Waals surface area contributed by atoms with Gasteiger partial charge in [0, 0.05) is 24.4 Å². The van der Waals surface area contributed by atoms with Crippen LogP contribution in [0.4, 0.5) is 18.9 Å². The second kappa shape index (κ2) is 5.98. The Bertz CT molecular complexity index is 439. The van der Waals surface area contributed by atoms with Crippen LogP contribution in [0.2, 0.25) is 5.02 Å². The zero-order valence-electron chi connectivity index (χ0n) is 10.6. The lowest BCUT2D eigenvalue weighted by Gasteiger charge is -2.30. The van der Waals surface area contributed by atoms with Crippen LogP contribution in [0.25, 0.3) is 0 Å². The Hall–Kier alpha value is -0.980. The predicted octanol–water partition coefficient (Wildman–Crippen LogP) is 3.13. The molecule has 7 heteroatoms. The van der Waals surface area contributed by atoms with Crippen LogP contribution in [0.15, 0.2) is 18.2 Å². The van der Waals surface area contributed by atoms with Gasteiger partial charge in [0.25, 0.3) is 0 Å². The van der Waals surface area contributed by atoms with E-state index < -0.39 is 17.3 Å². The first-order valence-corrected chi connectivity index (χ1v) is 5.93. The topological polar surface area (TPSA) is 47.3 Å². The summed E-state index contributed by atoms with van der Waals surface area (Å²) in [6, 6.07) is 3.29. The molecule has 0 aromatic heterocycles. The van der Waals surface area contributed by atoms with Crippen LogP contribution < -0.4 is 11.1 Å². The molecule has 3 nitrogen and oxygen atoms in total. The van der Waals surface area contributed by atoms with Gasteiger partial charge in [0.05, 0.1) is 17.7 Å². The number of alkyl halides is 3. The summed E-state index contributed by atoms with van der Waals surface area (Å²) < 4.78 is 43.0. The summed E-state index contributed by atoms with van der Waals surface area (Å²) in [7, 11) is 1.49. The molecule has 0 fully saturated rings. The predicted molar refractivity (Wildman–Crippen MR) is 69.4 cm³/mol. The van der Waals surface area contributed by atoms with E-state index in [1.165, 1.54) is 13.2 Å². The molecule has 19 heavy (non-hydrogen) atoms. The highest BCUT2D eigenvalue weighted by Gasteiger charge is 2.32. The molecule has 0 saturated heterocycles. The highest BCUT2D eigenvalue weighted by molar-refractivity contribution is 6.30. The Labute approximate surface area is 114 Å². The normalized spacial score (nSPS) is 15.1. The Kier molecular flexibility index (Phi) is 5.06. The molecule has 108 valence electrons. The maximum Gasteiger partial charge on any atom is 0.416 e. The van der Waals surface area contributed by atoms with E-state index in [1.54, 1.807) is 6.92 Å². The number of rotatable bonds is 5. The minimum Gasteiger partial charge on any atom is -0.382 e. The average Bonchev–Trinajstić information content (AvgIpc) is 2.27. The number of hydrogen-bond donors (Lipinski definition) is 2. The second-order valence-electron chi connectivity index (χ2n) is 4.55. The number of methoxy groups -OCH3 is 1. The number of anilines is 1. The molecule has 0 amide bonds. The molecule has 1 aromatic rings. The fourth-order valence-electron chi connectivity index (χ4n) is 1.64. The van der Waals surface area contributed by atoms with Crippen molar-refractivity contribution >= 4 is 17.3 Å². The number of benzene rings is 1. The lowest BCUT2D eigenvalue weighted by molar-refractivity contribution is -0.137. The van der Waals surface area contributed by atoms with E-state index in [9.17, 15) is 13.2 Å². The molecule has 0 aliphatic carbocycles. The van der Waals surface area contributed by atoms with Gasteiger partial charge in [0.1, 0.15) is 0 Å². The first-order valence-electron chi connectivity index (χ1n) is 5.55. The minimum absolute atomic E-state index is 0.00844. The number of nitrogens with two attached hydrogens (primary N) is 1. The van der Waals surface area contributed by atoms with Crippen molar-refractivity contribution in [3.05, 3.63) is 28.8 Å². The SMILES string of the molecule is COCC(C)(CN)Nc1cc(Cl)cc(C(F)(F)F)c1. The minimum atomic E-state index is -4.44. The third kappa shape index (κ3) is 4.56. The summed E-state index contributed by atoms with van der Waals surface area (Å²) in [5.74, 6) is 0. The average molecular weight is 297 g/mol. The van der Waals surface area contributed by atoms with Crippen molar-refractivity contribution in [1.82, 2.24) is 0 Å². The molecule has 3 N–H and O–H groups in total. The van der Waals surface area contributed by atoms with Crippen molar-refractivity contribution in [2.45, 2.75) is 18.6 Å². The van der Waals surface area contributed by atoms with Gasteiger partial charge in [0.15, 0.2) is 0 Å². The highest BCUT2D eigenvalue weighted by atomic mass is 35.5. The van der Waals surface area contributed by atoms with Gasteiger partial charge < -0.3 is 15.8 Å². The van der Waals surface area contributed by atoms with Crippen molar-refractivity contribution in [3.63, 3.8) is 0 Å². The lowest BCUT2D eigenvalue weighted by Crippen LogP contribution is -2.46. The molecule has 0 radical (unpaired) electrons. The smallest absolute Gasteiger partial charge is 0.382 e. The van der Waals surface area contributed by atoms with Crippen molar-refractivity contribution in [2.24, 2.45) is 5.73 Å². The third-order valence-electron chi connectivity index (χ3n) is 2.58. The van der Waals surface area contributed by atoms with Gasteiger partial charge >= 0.3 is 6.18 Å². The van der Waals surface area contributed by atoms with E-state index in [1.807, 2.05) is 0 Å². The van der Waals surface area contributed by atoms with Gasteiger partial charge in [-0.3, -0.25) is 0 Å². The molecule has 1 rings (SSSR count). The van der Waals surface area contributed by atoms with E-state index in [-0.39, 0.29) is 23.9 Å². The molecule has 1 aromatic carbocycles. The van der Waals surface area contributed by atoms with E-state index in [4.69, 9.17) is 22.1 Å². The van der Waals surface area contributed by atoms with E-state index in [0.717, 1.165) is 12.1 Å². The number of hydrogen-bond acceptors (Lipinski definition) is 3.